The molecule has 0 aromatic heterocycles. The topological polar surface area (TPSA) is 0 Å². The summed E-state index contributed by atoms with van der Waals surface area (Å²) in [5.74, 6) is 1.19. The van der Waals surface area contributed by atoms with Crippen molar-refractivity contribution in [1.82, 2.24) is 0 Å². The van der Waals surface area contributed by atoms with Crippen LogP contribution in [0.3, 0.4) is 0 Å². The molecule has 2 rings (SSSR count). The van der Waals surface area contributed by atoms with Crippen molar-refractivity contribution >= 4 is 12.2 Å². The zero-order valence-electron chi connectivity index (χ0n) is 12.9. The lowest BCUT2D eigenvalue weighted by Crippen LogP contribution is -1.86. The van der Waals surface area contributed by atoms with E-state index >= 15 is 0 Å². The minimum Gasteiger partial charge on any atom is -0.0587 e. The summed E-state index contributed by atoms with van der Waals surface area (Å²) in [6, 6.07) is 17.6. The lowest BCUT2D eigenvalue weighted by atomic mass is 10.0. The van der Waals surface area contributed by atoms with E-state index in [1.165, 1.54) is 22.3 Å². The molecule has 0 radical (unpaired) electrons. The summed E-state index contributed by atoms with van der Waals surface area (Å²) in [7, 11) is 0. The van der Waals surface area contributed by atoms with Gasteiger partial charge in [-0.2, -0.15) is 0 Å². The molecule has 0 unspecified atom stereocenters. The van der Waals surface area contributed by atoms with Gasteiger partial charge >= 0.3 is 0 Å². The molecule has 104 valence electrons. The van der Waals surface area contributed by atoms with Crippen LogP contribution in [0.1, 0.15) is 61.8 Å². The van der Waals surface area contributed by atoms with Crippen molar-refractivity contribution in [1.29, 1.82) is 0 Å². The van der Waals surface area contributed by atoms with Gasteiger partial charge in [-0.1, -0.05) is 88.4 Å². The Morgan fingerprint density at radius 2 is 0.850 bits per heavy atom. The van der Waals surface area contributed by atoms with Gasteiger partial charge in [0.05, 0.1) is 0 Å². The lowest BCUT2D eigenvalue weighted by Gasteiger charge is -2.05. The molecule has 0 atom stereocenters. The van der Waals surface area contributed by atoms with E-state index in [0.29, 0.717) is 11.8 Å². The molecule has 0 amide bonds. The molecule has 0 fully saturated rings. The van der Waals surface area contributed by atoms with Crippen molar-refractivity contribution in [3.05, 3.63) is 70.8 Å². The summed E-state index contributed by atoms with van der Waals surface area (Å²) in [5.41, 5.74) is 5.29. The third-order valence-electron chi connectivity index (χ3n) is 3.67. The Morgan fingerprint density at radius 1 is 0.550 bits per heavy atom. The van der Waals surface area contributed by atoms with Crippen molar-refractivity contribution in [3.63, 3.8) is 0 Å². The summed E-state index contributed by atoms with van der Waals surface area (Å²) in [6.07, 6.45) is 4.35. The second-order valence-electron chi connectivity index (χ2n) is 5.98. The molecule has 0 bridgehead atoms. The van der Waals surface area contributed by atoms with Gasteiger partial charge in [-0.25, -0.2) is 0 Å². The van der Waals surface area contributed by atoms with Crippen molar-refractivity contribution < 1.29 is 0 Å². The van der Waals surface area contributed by atoms with Crippen LogP contribution in [-0.4, -0.2) is 0 Å². The first-order valence-electron chi connectivity index (χ1n) is 7.44. The molecule has 0 N–H and O–H groups in total. The average Bonchev–Trinajstić information content (AvgIpc) is 2.46. The van der Waals surface area contributed by atoms with Crippen LogP contribution in [0.25, 0.3) is 12.2 Å². The molecule has 0 aliphatic carbocycles. The third kappa shape index (κ3) is 3.84. The zero-order chi connectivity index (χ0) is 14.5. The highest BCUT2D eigenvalue weighted by atomic mass is 14.0. The molecule has 0 heteroatoms. The fourth-order valence-corrected chi connectivity index (χ4v) is 2.18. The monoisotopic (exact) mass is 264 g/mol. The molecule has 0 saturated heterocycles. The van der Waals surface area contributed by atoms with E-state index in [9.17, 15) is 0 Å². The molecular weight excluding hydrogens is 240 g/mol. The third-order valence-corrected chi connectivity index (χ3v) is 3.67. The van der Waals surface area contributed by atoms with Gasteiger partial charge in [-0.15, -0.1) is 0 Å². The summed E-state index contributed by atoms with van der Waals surface area (Å²) in [6.45, 7) is 8.89. The number of benzene rings is 2. The number of rotatable bonds is 4. The minimum absolute atomic E-state index is 0.594. The predicted molar refractivity (Wildman–Crippen MR) is 90.0 cm³/mol. The molecule has 0 spiro atoms. The van der Waals surface area contributed by atoms with E-state index in [1.807, 2.05) is 0 Å². The Balaban J connectivity index is 2.08. The van der Waals surface area contributed by atoms with Crippen LogP contribution in [-0.2, 0) is 0 Å². The van der Waals surface area contributed by atoms with Crippen LogP contribution >= 0.6 is 0 Å². The molecule has 2 aromatic carbocycles. The molecule has 0 aliphatic heterocycles. The van der Waals surface area contributed by atoms with Crippen LogP contribution in [0.5, 0.6) is 0 Å². The normalized spacial score (nSPS) is 11.7. The molecule has 0 heterocycles. The minimum atomic E-state index is 0.594. The fraction of sp³-hybridized carbons (Fsp3) is 0.300. The molecule has 0 nitrogen and oxygen atoms in total. The zero-order valence-corrected chi connectivity index (χ0v) is 12.9. The maximum absolute atomic E-state index is 2.22. The Labute approximate surface area is 123 Å². The van der Waals surface area contributed by atoms with Crippen LogP contribution < -0.4 is 0 Å². The average molecular weight is 264 g/mol. The van der Waals surface area contributed by atoms with Crippen LogP contribution in [0.15, 0.2) is 48.5 Å². The van der Waals surface area contributed by atoms with Crippen molar-refractivity contribution in [2.45, 2.75) is 39.5 Å². The number of hydrogen-bond donors (Lipinski definition) is 0. The van der Waals surface area contributed by atoms with E-state index in [-0.39, 0.29) is 0 Å². The van der Waals surface area contributed by atoms with E-state index in [1.54, 1.807) is 0 Å². The molecule has 2 aromatic rings. The lowest BCUT2D eigenvalue weighted by molar-refractivity contribution is 0.866. The second-order valence-corrected chi connectivity index (χ2v) is 5.98. The van der Waals surface area contributed by atoms with Gasteiger partial charge in [0.15, 0.2) is 0 Å². The van der Waals surface area contributed by atoms with Gasteiger partial charge in [0.2, 0.25) is 0 Å². The van der Waals surface area contributed by atoms with Gasteiger partial charge in [0.1, 0.15) is 0 Å². The predicted octanol–water partition coefficient (Wildman–Crippen LogP) is 6.10. The van der Waals surface area contributed by atoms with Crippen molar-refractivity contribution in [2.24, 2.45) is 0 Å². The Kier molecular flexibility index (Phi) is 4.79. The SMILES string of the molecule is CC(C)c1ccc(/C=C\c2ccc(C(C)C)cc2)cc1. The molecule has 20 heavy (non-hydrogen) atoms. The quantitative estimate of drug-likeness (QED) is 0.585. The van der Waals surface area contributed by atoms with E-state index < -0.39 is 0 Å². The van der Waals surface area contributed by atoms with Crippen molar-refractivity contribution in [2.75, 3.05) is 0 Å². The molecule has 0 aliphatic rings. The van der Waals surface area contributed by atoms with Gasteiger partial charge < -0.3 is 0 Å². The first-order chi connectivity index (χ1) is 9.56. The standard InChI is InChI=1S/C20H24/c1-15(2)19-11-7-17(8-12-19)5-6-18-9-13-20(14-10-18)16(3)4/h5-16H,1-4H3/b6-5-. The Morgan fingerprint density at radius 3 is 1.10 bits per heavy atom. The number of hydrogen-bond acceptors (Lipinski definition) is 0. The van der Waals surface area contributed by atoms with Crippen LogP contribution in [0.4, 0.5) is 0 Å². The molecular formula is C20H24. The fourth-order valence-electron chi connectivity index (χ4n) is 2.18. The van der Waals surface area contributed by atoms with E-state index in [4.69, 9.17) is 0 Å². The van der Waals surface area contributed by atoms with Gasteiger partial charge in [0, 0.05) is 0 Å². The Bertz CT molecular complexity index is 500. The van der Waals surface area contributed by atoms with Crippen LogP contribution in [0, 0.1) is 0 Å². The summed E-state index contributed by atoms with van der Waals surface area (Å²) >= 11 is 0. The summed E-state index contributed by atoms with van der Waals surface area (Å²) in [5, 5.41) is 0. The van der Waals surface area contributed by atoms with E-state index in [0.717, 1.165) is 0 Å². The maximum Gasteiger partial charge on any atom is -0.0219 e. The Hall–Kier alpha value is -1.82. The highest BCUT2D eigenvalue weighted by Gasteiger charge is 1.98. The summed E-state index contributed by atoms with van der Waals surface area (Å²) in [4.78, 5) is 0. The largest absolute Gasteiger partial charge is 0.0587 e. The van der Waals surface area contributed by atoms with Crippen molar-refractivity contribution in [3.8, 4) is 0 Å². The van der Waals surface area contributed by atoms with E-state index in [2.05, 4.69) is 88.4 Å². The molecule has 0 saturated carbocycles. The first-order valence-corrected chi connectivity index (χ1v) is 7.44. The van der Waals surface area contributed by atoms with Gasteiger partial charge in [0.25, 0.3) is 0 Å². The smallest absolute Gasteiger partial charge is 0.0219 e. The van der Waals surface area contributed by atoms with Crippen LogP contribution in [0.2, 0.25) is 0 Å². The highest BCUT2D eigenvalue weighted by molar-refractivity contribution is 5.69. The van der Waals surface area contributed by atoms with Gasteiger partial charge in [-0.3, -0.25) is 0 Å². The first kappa shape index (κ1) is 14.6. The maximum atomic E-state index is 2.22. The summed E-state index contributed by atoms with van der Waals surface area (Å²) < 4.78 is 0. The second kappa shape index (κ2) is 6.56. The highest BCUT2D eigenvalue weighted by Crippen LogP contribution is 2.18. The van der Waals surface area contributed by atoms with Gasteiger partial charge in [-0.05, 0) is 34.1 Å².